The van der Waals surface area contributed by atoms with Gasteiger partial charge in [-0.05, 0) is 49.9 Å². The third kappa shape index (κ3) is 5.52. The largest absolute Gasteiger partial charge is 0.486 e. The Balaban J connectivity index is 1.60. The summed E-state index contributed by atoms with van der Waals surface area (Å²) in [4.78, 5) is 12.3. The molecular formula is C20H22ClN5O2S. The Morgan fingerprint density at radius 2 is 2.21 bits per heavy atom. The number of thioether (sulfide) groups is 1. The van der Waals surface area contributed by atoms with E-state index in [1.165, 1.54) is 11.8 Å². The number of ether oxygens (including phenoxy) is 1. The molecule has 0 radical (unpaired) electrons. The van der Waals surface area contributed by atoms with Crippen molar-refractivity contribution < 1.29 is 9.53 Å². The van der Waals surface area contributed by atoms with Gasteiger partial charge in [0.15, 0.2) is 11.0 Å². The van der Waals surface area contributed by atoms with Crippen molar-refractivity contribution in [2.75, 3.05) is 5.75 Å². The first kappa shape index (κ1) is 21.2. The molecule has 9 heteroatoms. The zero-order valence-corrected chi connectivity index (χ0v) is 17.7. The molecule has 1 atom stereocenters. The average molecular weight is 432 g/mol. The summed E-state index contributed by atoms with van der Waals surface area (Å²) >= 11 is 7.15. The van der Waals surface area contributed by atoms with Crippen molar-refractivity contribution in [1.82, 2.24) is 20.1 Å². The summed E-state index contributed by atoms with van der Waals surface area (Å²) in [6.07, 6.45) is 3.68. The smallest absolute Gasteiger partial charge is 0.231 e. The monoisotopic (exact) mass is 431 g/mol. The molecule has 1 heterocycles. The van der Waals surface area contributed by atoms with Crippen LogP contribution in [0, 0.1) is 17.2 Å². The standard InChI is InChI=1S/C20H22ClN5O2S/c1-3-10-26-17(11-28-16-8-6-15(21)7-9-16)24-25-19(26)29-12-18(27)23-20(2,13-22)14-4-5-14/h3,6-9,14H,1,4-5,10-12H2,2H3,(H,23,27). The Kier molecular flexibility index (Phi) is 6.83. The summed E-state index contributed by atoms with van der Waals surface area (Å²) in [5.41, 5.74) is -0.802. The lowest BCUT2D eigenvalue weighted by molar-refractivity contribution is -0.119. The van der Waals surface area contributed by atoms with Crippen LogP contribution >= 0.6 is 23.4 Å². The maximum atomic E-state index is 12.3. The Bertz CT molecular complexity index is 920. The lowest BCUT2D eigenvalue weighted by atomic mass is 9.98. The number of aromatic nitrogens is 3. The highest BCUT2D eigenvalue weighted by atomic mass is 35.5. The third-order valence-electron chi connectivity index (χ3n) is 4.64. The fourth-order valence-electron chi connectivity index (χ4n) is 2.86. The summed E-state index contributed by atoms with van der Waals surface area (Å²) in [6, 6.07) is 9.29. The van der Waals surface area contributed by atoms with Crippen molar-refractivity contribution in [1.29, 1.82) is 5.26 Å². The van der Waals surface area contributed by atoms with Gasteiger partial charge in [-0.15, -0.1) is 16.8 Å². The highest BCUT2D eigenvalue weighted by Crippen LogP contribution is 2.39. The fourth-order valence-corrected chi connectivity index (χ4v) is 3.75. The second kappa shape index (κ2) is 9.33. The van der Waals surface area contributed by atoms with Crippen LogP contribution < -0.4 is 10.1 Å². The highest BCUT2D eigenvalue weighted by Gasteiger charge is 2.42. The van der Waals surface area contributed by atoms with E-state index >= 15 is 0 Å². The van der Waals surface area contributed by atoms with Gasteiger partial charge in [0.2, 0.25) is 5.91 Å². The molecule has 1 aromatic carbocycles. The number of benzene rings is 1. The van der Waals surface area contributed by atoms with Crippen LogP contribution in [0.25, 0.3) is 0 Å². The van der Waals surface area contributed by atoms with Crippen LogP contribution in [0.3, 0.4) is 0 Å². The predicted molar refractivity (Wildman–Crippen MR) is 112 cm³/mol. The van der Waals surface area contributed by atoms with Crippen LogP contribution in [0.1, 0.15) is 25.6 Å². The second-order valence-electron chi connectivity index (χ2n) is 6.97. The molecule has 7 nitrogen and oxygen atoms in total. The Hall–Kier alpha value is -2.50. The molecule has 0 aliphatic heterocycles. The number of rotatable bonds is 10. The number of amides is 1. The second-order valence-corrected chi connectivity index (χ2v) is 8.34. The molecule has 1 saturated carbocycles. The first-order valence-electron chi connectivity index (χ1n) is 9.21. The summed E-state index contributed by atoms with van der Waals surface area (Å²) in [7, 11) is 0. The summed E-state index contributed by atoms with van der Waals surface area (Å²) in [5.74, 6) is 1.49. The molecule has 3 rings (SSSR count). The SMILES string of the molecule is C=CCn1c(COc2ccc(Cl)cc2)nnc1SCC(=O)NC(C)(C#N)C1CC1. The van der Waals surface area contributed by atoms with Crippen molar-refractivity contribution in [3.63, 3.8) is 0 Å². The molecule has 0 bridgehead atoms. The lowest BCUT2D eigenvalue weighted by Crippen LogP contribution is -2.47. The van der Waals surface area contributed by atoms with Crippen LogP contribution in [0.5, 0.6) is 5.75 Å². The van der Waals surface area contributed by atoms with E-state index in [9.17, 15) is 10.1 Å². The van der Waals surface area contributed by atoms with Crippen LogP contribution in [0.2, 0.25) is 5.02 Å². The van der Waals surface area contributed by atoms with Crippen molar-refractivity contribution in [2.45, 2.75) is 43.6 Å². The molecule has 1 aliphatic rings. The minimum Gasteiger partial charge on any atom is -0.486 e. The number of hydrogen-bond donors (Lipinski definition) is 1. The van der Waals surface area contributed by atoms with Crippen LogP contribution in [-0.4, -0.2) is 32.0 Å². The lowest BCUT2D eigenvalue weighted by Gasteiger charge is -2.22. The molecule has 0 saturated heterocycles. The molecule has 152 valence electrons. The Labute approximate surface area is 179 Å². The number of nitriles is 1. The van der Waals surface area contributed by atoms with Crippen LogP contribution in [0.15, 0.2) is 42.1 Å². The summed E-state index contributed by atoms with van der Waals surface area (Å²) in [5, 5.41) is 21.8. The van der Waals surface area contributed by atoms with Crippen LogP contribution in [0.4, 0.5) is 0 Å². The van der Waals surface area contributed by atoms with Gasteiger partial charge in [0, 0.05) is 11.6 Å². The number of hydrogen-bond acceptors (Lipinski definition) is 6. The number of allylic oxidation sites excluding steroid dienone is 1. The van der Waals surface area contributed by atoms with E-state index in [2.05, 4.69) is 28.2 Å². The molecule has 1 aliphatic carbocycles. The van der Waals surface area contributed by atoms with Gasteiger partial charge in [0.1, 0.15) is 17.9 Å². The van der Waals surface area contributed by atoms with Gasteiger partial charge in [-0.2, -0.15) is 5.26 Å². The molecule has 2 aromatic rings. The zero-order chi connectivity index (χ0) is 20.9. The molecule has 1 unspecified atom stereocenters. The van der Waals surface area contributed by atoms with Gasteiger partial charge in [-0.25, -0.2) is 0 Å². The number of carbonyl (C=O) groups is 1. The van der Waals surface area contributed by atoms with Gasteiger partial charge in [0.05, 0.1) is 11.8 Å². The minimum atomic E-state index is -0.802. The number of nitrogens with zero attached hydrogens (tertiary/aromatic N) is 4. The van der Waals surface area contributed by atoms with Crippen molar-refractivity contribution in [3.8, 4) is 11.8 Å². The van der Waals surface area contributed by atoms with Crippen molar-refractivity contribution in [3.05, 3.63) is 47.8 Å². The molecule has 1 fully saturated rings. The van der Waals surface area contributed by atoms with Gasteiger partial charge < -0.3 is 10.1 Å². The van der Waals surface area contributed by atoms with E-state index in [-0.39, 0.29) is 24.2 Å². The minimum absolute atomic E-state index is 0.150. The van der Waals surface area contributed by atoms with E-state index in [0.29, 0.717) is 28.3 Å². The number of halogens is 1. The maximum absolute atomic E-state index is 12.3. The first-order chi connectivity index (χ1) is 13.9. The molecule has 1 aromatic heterocycles. The quantitative estimate of drug-likeness (QED) is 0.456. The van der Waals surface area contributed by atoms with Crippen molar-refractivity contribution >= 4 is 29.3 Å². The van der Waals surface area contributed by atoms with E-state index in [1.54, 1.807) is 37.3 Å². The Morgan fingerprint density at radius 3 is 2.83 bits per heavy atom. The predicted octanol–water partition coefficient (Wildman–Crippen LogP) is 3.60. The topological polar surface area (TPSA) is 92.8 Å². The first-order valence-corrected chi connectivity index (χ1v) is 10.6. The summed E-state index contributed by atoms with van der Waals surface area (Å²) < 4.78 is 7.60. The fraction of sp³-hybridized carbons (Fsp3) is 0.400. The van der Waals surface area contributed by atoms with Crippen molar-refractivity contribution in [2.24, 2.45) is 5.92 Å². The van der Waals surface area contributed by atoms with Crippen LogP contribution in [-0.2, 0) is 17.9 Å². The average Bonchev–Trinajstić information content (AvgIpc) is 3.50. The molecule has 1 amide bonds. The normalized spacial score (nSPS) is 15.2. The van der Waals surface area contributed by atoms with Gasteiger partial charge >= 0.3 is 0 Å². The van der Waals surface area contributed by atoms with Gasteiger partial charge in [-0.3, -0.25) is 9.36 Å². The van der Waals surface area contributed by atoms with E-state index in [4.69, 9.17) is 16.3 Å². The van der Waals surface area contributed by atoms with E-state index in [0.717, 1.165) is 12.8 Å². The number of carbonyl (C=O) groups excluding carboxylic acids is 1. The third-order valence-corrected chi connectivity index (χ3v) is 5.86. The highest BCUT2D eigenvalue weighted by molar-refractivity contribution is 7.99. The molecule has 29 heavy (non-hydrogen) atoms. The van der Waals surface area contributed by atoms with E-state index in [1.807, 2.05) is 4.57 Å². The maximum Gasteiger partial charge on any atom is 0.231 e. The molecule has 0 spiro atoms. The molecule has 1 N–H and O–H groups in total. The van der Waals surface area contributed by atoms with Gasteiger partial charge in [0.25, 0.3) is 0 Å². The number of nitrogens with one attached hydrogen (secondary N) is 1. The Morgan fingerprint density at radius 1 is 1.48 bits per heavy atom. The zero-order valence-electron chi connectivity index (χ0n) is 16.1. The summed E-state index contributed by atoms with van der Waals surface area (Å²) in [6.45, 7) is 6.27. The van der Waals surface area contributed by atoms with Gasteiger partial charge in [-0.1, -0.05) is 29.4 Å². The van der Waals surface area contributed by atoms with E-state index < -0.39 is 5.54 Å². The molecular weight excluding hydrogens is 410 g/mol.